The third kappa shape index (κ3) is 4.76. The molecule has 1 aliphatic rings. The van der Waals surface area contributed by atoms with Gasteiger partial charge in [0.15, 0.2) is 0 Å². The topological polar surface area (TPSA) is 79.0 Å². The first kappa shape index (κ1) is 20.4. The quantitative estimate of drug-likeness (QED) is 0.768. The Morgan fingerprint density at radius 3 is 2.50 bits per heavy atom. The average molecular weight is 424 g/mol. The van der Waals surface area contributed by atoms with Crippen LogP contribution in [-0.4, -0.2) is 59.1 Å². The van der Waals surface area contributed by atoms with Crippen LogP contribution >= 0.6 is 11.6 Å². The van der Waals surface area contributed by atoms with E-state index in [0.29, 0.717) is 31.2 Å². The Morgan fingerprint density at radius 1 is 1.11 bits per heavy atom. The largest absolute Gasteiger partial charge is 0.495 e. The van der Waals surface area contributed by atoms with Gasteiger partial charge in [0.1, 0.15) is 5.75 Å². The number of hydrogen-bond acceptors (Lipinski definition) is 5. The number of anilines is 1. The number of benzene rings is 2. The first-order valence-electron chi connectivity index (χ1n) is 8.82. The summed E-state index contributed by atoms with van der Waals surface area (Å²) in [4.78, 5) is 16.3. The normalized spacial score (nSPS) is 14.8. The van der Waals surface area contributed by atoms with Crippen LogP contribution in [0.1, 0.15) is 0 Å². The summed E-state index contributed by atoms with van der Waals surface area (Å²) in [7, 11) is -2.16. The highest BCUT2D eigenvalue weighted by molar-refractivity contribution is 7.89. The van der Waals surface area contributed by atoms with Crippen LogP contribution in [0, 0.1) is 0 Å². The van der Waals surface area contributed by atoms with E-state index in [1.165, 1.54) is 12.1 Å². The lowest BCUT2D eigenvalue weighted by molar-refractivity contribution is -0.130. The molecule has 2 aromatic carbocycles. The minimum atomic E-state index is -3.79. The Hall–Kier alpha value is -2.29. The van der Waals surface area contributed by atoms with E-state index in [-0.39, 0.29) is 17.3 Å². The van der Waals surface area contributed by atoms with Gasteiger partial charge in [0.2, 0.25) is 15.9 Å². The molecular formula is C19H22ClN3O4S. The predicted molar refractivity (Wildman–Crippen MR) is 108 cm³/mol. The van der Waals surface area contributed by atoms with Crippen LogP contribution in [0.5, 0.6) is 5.75 Å². The highest BCUT2D eigenvalue weighted by Crippen LogP contribution is 2.28. The molecule has 2 aromatic rings. The van der Waals surface area contributed by atoms with Crippen molar-refractivity contribution in [3.63, 3.8) is 0 Å². The number of carbonyl (C=O) groups excluding carboxylic acids is 1. The summed E-state index contributed by atoms with van der Waals surface area (Å²) in [6, 6.07) is 13.7. The Labute approximate surface area is 169 Å². The minimum absolute atomic E-state index is 0.0359. The number of rotatable bonds is 6. The highest BCUT2D eigenvalue weighted by Gasteiger charge is 2.24. The molecule has 0 atom stereocenters. The van der Waals surface area contributed by atoms with Gasteiger partial charge in [0.25, 0.3) is 0 Å². The zero-order valence-corrected chi connectivity index (χ0v) is 17.0. The van der Waals surface area contributed by atoms with E-state index >= 15 is 0 Å². The van der Waals surface area contributed by atoms with Crippen LogP contribution in [-0.2, 0) is 14.8 Å². The fraction of sp³-hybridized carbons (Fsp3) is 0.316. The molecule has 1 N–H and O–H groups in total. The van der Waals surface area contributed by atoms with Gasteiger partial charge < -0.3 is 14.5 Å². The molecule has 0 aliphatic carbocycles. The Morgan fingerprint density at radius 2 is 1.82 bits per heavy atom. The number of ether oxygens (including phenoxy) is 1. The van der Waals surface area contributed by atoms with Crippen molar-refractivity contribution in [2.24, 2.45) is 0 Å². The molecule has 0 unspecified atom stereocenters. The lowest BCUT2D eigenvalue weighted by Crippen LogP contribution is -2.51. The summed E-state index contributed by atoms with van der Waals surface area (Å²) in [5, 5.41) is 0.321. The van der Waals surface area contributed by atoms with Crippen molar-refractivity contribution in [3.05, 3.63) is 53.6 Å². The van der Waals surface area contributed by atoms with Crippen molar-refractivity contribution in [2.45, 2.75) is 4.90 Å². The Balaban J connectivity index is 1.55. The van der Waals surface area contributed by atoms with E-state index in [1.54, 1.807) is 24.1 Å². The Bertz CT molecular complexity index is 944. The van der Waals surface area contributed by atoms with Crippen LogP contribution in [0.2, 0.25) is 5.02 Å². The standard InChI is InChI=1S/C19H22ClN3O4S/c1-27-18-8-3-2-7-17(18)22-9-11-23(12-10-22)19(24)14-21-28(25,26)16-6-4-5-15(20)13-16/h2-8,13,21H,9-12,14H2,1H3. The van der Waals surface area contributed by atoms with Gasteiger partial charge in [-0.05, 0) is 30.3 Å². The highest BCUT2D eigenvalue weighted by atomic mass is 35.5. The molecule has 1 aliphatic heterocycles. The SMILES string of the molecule is COc1ccccc1N1CCN(C(=O)CNS(=O)(=O)c2cccc(Cl)c2)CC1. The summed E-state index contributed by atoms with van der Waals surface area (Å²) in [5.41, 5.74) is 0.985. The van der Waals surface area contributed by atoms with E-state index in [2.05, 4.69) is 9.62 Å². The summed E-state index contributed by atoms with van der Waals surface area (Å²) >= 11 is 5.84. The first-order valence-corrected chi connectivity index (χ1v) is 10.7. The molecule has 0 bridgehead atoms. The zero-order valence-electron chi connectivity index (χ0n) is 15.5. The molecule has 0 saturated carbocycles. The van der Waals surface area contributed by atoms with Crippen molar-refractivity contribution in [1.82, 2.24) is 9.62 Å². The molecule has 9 heteroatoms. The molecule has 1 heterocycles. The molecule has 1 saturated heterocycles. The number of piperazine rings is 1. The second-order valence-corrected chi connectivity index (χ2v) is 8.52. The van der Waals surface area contributed by atoms with Crippen LogP contribution < -0.4 is 14.4 Å². The number of sulfonamides is 1. The van der Waals surface area contributed by atoms with E-state index in [9.17, 15) is 13.2 Å². The summed E-state index contributed by atoms with van der Waals surface area (Å²) in [5.74, 6) is 0.529. The second-order valence-electron chi connectivity index (χ2n) is 6.32. The smallest absolute Gasteiger partial charge is 0.241 e. The second kappa shape index (κ2) is 8.81. The van der Waals surface area contributed by atoms with Crippen molar-refractivity contribution in [1.29, 1.82) is 0 Å². The number of carbonyl (C=O) groups is 1. The predicted octanol–water partition coefficient (Wildman–Crippen LogP) is 1.98. The monoisotopic (exact) mass is 423 g/mol. The van der Waals surface area contributed by atoms with Gasteiger partial charge in [-0.3, -0.25) is 4.79 Å². The van der Waals surface area contributed by atoms with Gasteiger partial charge in [-0.15, -0.1) is 0 Å². The molecule has 7 nitrogen and oxygen atoms in total. The fourth-order valence-corrected chi connectivity index (χ4v) is 4.35. The van der Waals surface area contributed by atoms with Crippen molar-refractivity contribution in [2.75, 3.05) is 44.7 Å². The van der Waals surface area contributed by atoms with Gasteiger partial charge >= 0.3 is 0 Å². The molecule has 0 radical (unpaired) electrons. The first-order chi connectivity index (χ1) is 13.4. The average Bonchev–Trinajstić information content (AvgIpc) is 2.72. The zero-order chi connectivity index (χ0) is 20.1. The molecule has 1 fully saturated rings. The van der Waals surface area contributed by atoms with Gasteiger partial charge in [0, 0.05) is 31.2 Å². The van der Waals surface area contributed by atoms with E-state index in [1.807, 2.05) is 24.3 Å². The Kier molecular flexibility index (Phi) is 6.43. The van der Waals surface area contributed by atoms with Crippen LogP contribution in [0.3, 0.4) is 0 Å². The lowest BCUT2D eigenvalue weighted by Gasteiger charge is -2.36. The molecule has 0 spiro atoms. The molecular weight excluding hydrogens is 402 g/mol. The van der Waals surface area contributed by atoms with E-state index in [0.717, 1.165) is 11.4 Å². The molecule has 1 amide bonds. The van der Waals surface area contributed by atoms with Crippen LogP contribution in [0.15, 0.2) is 53.4 Å². The van der Waals surface area contributed by atoms with E-state index < -0.39 is 10.0 Å². The van der Waals surface area contributed by atoms with Crippen LogP contribution in [0.25, 0.3) is 0 Å². The van der Waals surface area contributed by atoms with Crippen LogP contribution in [0.4, 0.5) is 5.69 Å². The van der Waals surface area contributed by atoms with Crippen molar-refractivity contribution >= 4 is 33.2 Å². The maximum atomic E-state index is 12.4. The molecule has 28 heavy (non-hydrogen) atoms. The third-order valence-electron chi connectivity index (χ3n) is 4.58. The van der Waals surface area contributed by atoms with Gasteiger partial charge in [-0.25, -0.2) is 13.1 Å². The van der Waals surface area contributed by atoms with Gasteiger partial charge in [0.05, 0.1) is 24.2 Å². The number of nitrogens with zero attached hydrogens (tertiary/aromatic N) is 2. The van der Waals surface area contributed by atoms with Gasteiger partial charge in [-0.1, -0.05) is 29.8 Å². The number of hydrogen-bond donors (Lipinski definition) is 1. The maximum absolute atomic E-state index is 12.4. The number of nitrogens with one attached hydrogen (secondary N) is 1. The van der Waals surface area contributed by atoms with Gasteiger partial charge in [-0.2, -0.15) is 0 Å². The third-order valence-corrected chi connectivity index (χ3v) is 6.21. The lowest BCUT2D eigenvalue weighted by atomic mass is 10.2. The maximum Gasteiger partial charge on any atom is 0.241 e. The number of amides is 1. The molecule has 3 rings (SSSR count). The number of halogens is 1. The summed E-state index contributed by atoms with van der Waals surface area (Å²) in [6.45, 7) is 2.02. The summed E-state index contributed by atoms with van der Waals surface area (Å²) < 4.78 is 32.4. The van der Waals surface area contributed by atoms with Crippen molar-refractivity contribution in [3.8, 4) is 5.75 Å². The number of para-hydroxylation sites is 2. The molecule has 150 valence electrons. The minimum Gasteiger partial charge on any atom is -0.495 e. The van der Waals surface area contributed by atoms with Crippen molar-refractivity contribution < 1.29 is 17.9 Å². The summed E-state index contributed by atoms with van der Waals surface area (Å²) in [6.07, 6.45) is 0. The van der Waals surface area contributed by atoms with E-state index in [4.69, 9.17) is 16.3 Å². The fourth-order valence-electron chi connectivity index (χ4n) is 3.07. The number of methoxy groups -OCH3 is 1. The molecule has 0 aromatic heterocycles.